The van der Waals surface area contributed by atoms with Gasteiger partial charge in [0.2, 0.25) is 5.89 Å². The van der Waals surface area contributed by atoms with Gasteiger partial charge in [-0.3, -0.25) is 0 Å². The van der Waals surface area contributed by atoms with Crippen LogP contribution in [0.15, 0.2) is 22.7 Å². The molecule has 0 saturated carbocycles. The van der Waals surface area contributed by atoms with E-state index in [2.05, 4.69) is 56.0 Å². The molecule has 2 rings (SSSR count). The van der Waals surface area contributed by atoms with Crippen molar-refractivity contribution in [2.24, 2.45) is 5.73 Å². The van der Waals surface area contributed by atoms with Crippen LogP contribution < -0.4 is 5.73 Å². The minimum atomic E-state index is -0.186. The largest absolute Gasteiger partial charge is 0.339 e. The molecule has 2 aromatic rings. The fourth-order valence-corrected chi connectivity index (χ4v) is 2.57. The highest BCUT2D eigenvalue weighted by atomic mass is 16.5. The third-order valence-corrected chi connectivity index (χ3v) is 4.60. The minimum absolute atomic E-state index is 0.186. The highest BCUT2D eigenvalue weighted by molar-refractivity contribution is 5.31. The Kier molecular flexibility index (Phi) is 4.78. The first-order chi connectivity index (χ1) is 10.0. The molecule has 1 heterocycles. The lowest BCUT2D eigenvalue weighted by atomic mass is 9.82. The molecule has 4 heteroatoms. The van der Waals surface area contributed by atoms with Crippen LogP contribution in [0.2, 0.25) is 0 Å². The van der Waals surface area contributed by atoms with E-state index in [0.717, 1.165) is 18.7 Å². The van der Waals surface area contributed by atoms with Crippen molar-refractivity contribution in [2.45, 2.75) is 52.4 Å². The first kappa shape index (κ1) is 15.7. The molecule has 0 atom stereocenters. The van der Waals surface area contributed by atoms with Gasteiger partial charge in [-0.2, -0.15) is 4.98 Å². The molecular formula is C17H25N3O. The van der Waals surface area contributed by atoms with Gasteiger partial charge in [0.1, 0.15) is 0 Å². The van der Waals surface area contributed by atoms with E-state index in [4.69, 9.17) is 10.3 Å². The number of nitrogens with zero attached hydrogens (tertiary/aromatic N) is 2. The second-order valence-corrected chi connectivity index (χ2v) is 5.80. The fraction of sp³-hybridized carbons (Fsp3) is 0.529. The lowest BCUT2D eigenvalue weighted by Gasteiger charge is -2.24. The van der Waals surface area contributed by atoms with Crippen LogP contribution in [0.1, 0.15) is 55.1 Å². The Bertz CT molecular complexity index is 592. The molecule has 21 heavy (non-hydrogen) atoms. The first-order valence-electron chi connectivity index (χ1n) is 7.64. The number of benzene rings is 1. The molecule has 0 fully saturated rings. The Hall–Kier alpha value is -1.68. The van der Waals surface area contributed by atoms with E-state index >= 15 is 0 Å². The summed E-state index contributed by atoms with van der Waals surface area (Å²) >= 11 is 0. The summed E-state index contributed by atoms with van der Waals surface area (Å²) in [7, 11) is 0. The topological polar surface area (TPSA) is 64.9 Å². The lowest BCUT2D eigenvalue weighted by Crippen LogP contribution is -2.34. The van der Waals surface area contributed by atoms with E-state index in [1.165, 1.54) is 16.7 Å². The quantitative estimate of drug-likeness (QED) is 0.885. The molecule has 1 aromatic carbocycles. The van der Waals surface area contributed by atoms with Crippen LogP contribution in [0.4, 0.5) is 0 Å². The zero-order valence-corrected chi connectivity index (χ0v) is 13.4. The van der Waals surface area contributed by atoms with E-state index in [1.54, 1.807) is 0 Å². The zero-order chi connectivity index (χ0) is 15.5. The highest BCUT2D eigenvalue weighted by Crippen LogP contribution is 2.29. The third-order valence-electron chi connectivity index (χ3n) is 4.60. The Balaban J connectivity index is 2.21. The monoisotopic (exact) mass is 287 g/mol. The van der Waals surface area contributed by atoms with Gasteiger partial charge in [-0.15, -0.1) is 0 Å². The zero-order valence-electron chi connectivity index (χ0n) is 13.4. The lowest BCUT2D eigenvalue weighted by molar-refractivity contribution is 0.266. The van der Waals surface area contributed by atoms with Crippen LogP contribution in [-0.2, 0) is 11.8 Å². The van der Waals surface area contributed by atoms with Crippen molar-refractivity contribution in [1.82, 2.24) is 10.1 Å². The van der Waals surface area contributed by atoms with Crippen LogP contribution in [0.25, 0.3) is 0 Å². The number of aryl methyl sites for hydroxylation is 2. The Morgan fingerprint density at radius 1 is 1.14 bits per heavy atom. The molecule has 0 saturated heterocycles. The maximum atomic E-state index is 5.93. The summed E-state index contributed by atoms with van der Waals surface area (Å²) in [6.45, 7) is 9.00. The van der Waals surface area contributed by atoms with Gasteiger partial charge in [0, 0.05) is 13.0 Å². The van der Waals surface area contributed by atoms with Crippen LogP contribution in [-0.4, -0.2) is 16.7 Å². The average Bonchev–Trinajstić information content (AvgIpc) is 2.95. The molecule has 1 aromatic heterocycles. The molecule has 0 bridgehead atoms. The minimum Gasteiger partial charge on any atom is -0.339 e. The number of hydrogen-bond acceptors (Lipinski definition) is 4. The second-order valence-electron chi connectivity index (χ2n) is 5.80. The van der Waals surface area contributed by atoms with Crippen LogP contribution in [0.5, 0.6) is 0 Å². The molecule has 0 aliphatic carbocycles. The van der Waals surface area contributed by atoms with Gasteiger partial charge in [0.25, 0.3) is 0 Å². The number of hydrogen-bond donors (Lipinski definition) is 1. The van der Waals surface area contributed by atoms with Crippen molar-refractivity contribution in [3.8, 4) is 0 Å². The standard InChI is InChI=1S/C17H25N3O/c1-5-17(6-2,11-18)16-19-15(20-21-16)10-14-8-7-12(3)13(4)9-14/h7-9H,5-6,10-11,18H2,1-4H3. The molecule has 0 radical (unpaired) electrons. The predicted molar refractivity (Wildman–Crippen MR) is 84.3 cm³/mol. The van der Waals surface area contributed by atoms with Gasteiger partial charge in [-0.05, 0) is 43.4 Å². The predicted octanol–water partition coefficient (Wildman–Crippen LogP) is 3.29. The van der Waals surface area contributed by atoms with Gasteiger partial charge in [0.15, 0.2) is 5.82 Å². The third kappa shape index (κ3) is 3.16. The molecule has 0 unspecified atom stereocenters. The van der Waals surface area contributed by atoms with E-state index in [9.17, 15) is 0 Å². The Morgan fingerprint density at radius 3 is 2.43 bits per heavy atom. The van der Waals surface area contributed by atoms with E-state index in [0.29, 0.717) is 18.9 Å². The van der Waals surface area contributed by atoms with Crippen molar-refractivity contribution in [3.63, 3.8) is 0 Å². The summed E-state index contributed by atoms with van der Waals surface area (Å²) in [5, 5.41) is 4.13. The van der Waals surface area contributed by atoms with Crippen molar-refractivity contribution in [2.75, 3.05) is 6.54 Å². The Labute approximate surface area is 126 Å². The summed E-state index contributed by atoms with van der Waals surface area (Å²) < 4.78 is 5.49. The van der Waals surface area contributed by atoms with Crippen molar-refractivity contribution in [3.05, 3.63) is 46.6 Å². The van der Waals surface area contributed by atoms with Gasteiger partial charge in [0.05, 0.1) is 5.41 Å². The van der Waals surface area contributed by atoms with Gasteiger partial charge < -0.3 is 10.3 Å². The van der Waals surface area contributed by atoms with Crippen molar-refractivity contribution >= 4 is 0 Å². The molecule has 0 aliphatic rings. The van der Waals surface area contributed by atoms with Gasteiger partial charge >= 0.3 is 0 Å². The second kappa shape index (κ2) is 6.39. The van der Waals surface area contributed by atoms with Gasteiger partial charge in [-0.25, -0.2) is 0 Å². The summed E-state index contributed by atoms with van der Waals surface area (Å²) in [5.74, 6) is 1.40. The molecule has 2 N–H and O–H groups in total. The van der Waals surface area contributed by atoms with E-state index < -0.39 is 0 Å². The highest BCUT2D eigenvalue weighted by Gasteiger charge is 2.33. The summed E-state index contributed by atoms with van der Waals surface area (Å²) in [4.78, 5) is 4.58. The normalized spacial score (nSPS) is 11.9. The maximum absolute atomic E-state index is 5.93. The van der Waals surface area contributed by atoms with Crippen LogP contribution >= 0.6 is 0 Å². The SMILES string of the molecule is CCC(CC)(CN)c1nc(Cc2ccc(C)c(C)c2)no1. The summed E-state index contributed by atoms with van der Waals surface area (Å²) in [6, 6.07) is 6.43. The van der Waals surface area contributed by atoms with Gasteiger partial charge in [-0.1, -0.05) is 37.2 Å². The maximum Gasteiger partial charge on any atom is 0.234 e. The summed E-state index contributed by atoms with van der Waals surface area (Å²) in [5.41, 5.74) is 9.54. The number of nitrogens with two attached hydrogens (primary N) is 1. The van der Waals surface area contributed by atoms with Crippen molar-refractivity contribution < 1.29 is 4.52 Å². The fourth-order valence-electron chi connectivity index (χ4n) is 2.57. The average molecular weight is 287 g/mol. The molecule has 114 valence electrons. The Morgan fingerprint density at radius 2 is 1.86 bits per heavy atom. The molecule has 0 spiro atoms. The van der Waals surface area contributed by atoms with Crippen LogP contribution in [0, 0.1) is 13.8 Å². The number of rotatable bonds is 6. The first-order valence-corrected chi connectivity index (χ1v) is 7.64. The molecular weight excluding hydrogens is 262 g/mol. The summed E-state index contributed by atoms with van der Waals surface area (Å²) in [6.07, 6.45) is 2.51. The van der Waals surface area contributed by atoms with E-state index in [1.807, 2.05) is 0 Å². The number of aromatic nitrogens is 2. The smallest absolute Gasteiger partial charge is 0.234 e. The molecule has 0 aliphatic heterocycles. The van der Waals surface area contributed by atoms with Crippen LogP contribution in [0.3, 0.4) is 0 Å². The molecule has 4 nitrogen and oxygen atoms in total. The van der Waals surface area contributed by atoms with Crippen molar-refractivity contribution in [1.29, 1.82) is 0 Å². The molecule has 0 amide bonds. The van der Waals surface area contributed by atoms with E-state index in [-0.39, 0.29) is 5.41 Å².